The van der Waals surface area contributed by atoms with Gasteiger partial charge in [-0.15, -0.1) is 0 Å². The van der Waals surface area contributed by atoms with Crippen molar-refractivity contribution >= 4 is 21.6 Å². The van der Waals surface area contributed by atoms with Crippen LogP contribution in [-0.2, 0) is 34.1 Å². The number of amides is 1. The number of primary sulfonamides is 1. The molecule has 1 atom stereocenters. The minimum atomic E-state index is -3.68. The van der Waals surface area contributed by atoms with Gasteiger partial charge in [0.15, 0.2) is 0 Å². The number of nitrogens with zero attached hydrogens (tertiary/aromatic N) is 2. The minimum absolute atomic E-state index is 0.0534. The number of nitrogens with two attached hydrogens (primary N) is 1. The van der Waals surface area contributed by atoms with Gasteiger partial charge < -0.3 is 9.72 Å². The van der Waals surface area contributed by atoms with Crippen molar-refractivity contribution in [3.05, 3.63) is 65.6 Å². The van der Waals surface area contributed by atoms with Crippen molar-refractivity contribution in [1.82, 2.24) is 14.7 Å². The molecule has 0 fully saturated rings. The van der Waals surface area contributed by atoms with E-state index in [-0.39, 0.29) is 16.7 Å². The molecule has 28 heavy (non-hydrogen) atoms. The van der Waals surface area contributed by atoms with E-state index in [0.29, 0.717) is 19.4 Å². The predicted molar refractivity (Wildman–Crippen MR) is 105 cm³/mol. The van der Waals surface area contributed by atoms with Gasteiger partial charge in [-0.1, -0.05) is 18.2 Å². The van der Waals surface area contributed by atoms with Crippen LogP contribution in [-0.4, -0.2) is 30.3 Å². The summed E-state index contributed by atoms with van der Waals surface area (Å²) in [5.41, 5.74) is 4.09. The van der Waals surface area contributed by atoms with E-state index >= 15 is 0 Å². The maximum atomic E-state index is 12.6. The fraction of sp³-hybridized carbons (Fsp3) is 0.300. The van der Waals surface area contributed by atoms with Crippen molar-refractivity contribution in [2.24, 2.45) is 11.1 Å². The molecule has 1 amide bonds. The number of pyridine rings is 1. The van der Waals surface area contributed by atoms with Crippen LogP contribution in [0.4, 0.5) is 0 Å². The van der Waals surface area contributed by atoms with Crippen LogP contribution in [0.5, 0.6) is 0 Å². The van der Waals surface area contributed by atoms with E-state index in [0.717, 1.165) is 35.4 Å². The normalized spacial score (nSPS) is 16.7. The second kappa shape index (κ2) is 7.37. The van der Waals surface area contributed by atoms with Gasteiger partial charge in [-0.25, -0.2) is 18.5 Å². The molecule has 0 bridgehead atoms. The lowest BCUT2D eigenvalue weighted by Crippen LogP contribution is -2.35. The molecule has 0 saturated carbocycles. The second-order valence-corrected chi connectivity index (χ2v) is 8.67. The molecule has 1 unspecified atom stereocenters. The molecule has 0 aliphatic heterocycles. The van der Waals surface area contributed by atoms with Crippen LogP contribution in [0, 0.1) is 5.92 Å². The third-order valence-corrected chi connectivity index (χ3v) is 6.15. The lowest BCUT2D eigenvalue weighted by atomic mass is 9.89. The van der Waals surface area contributed by atoms with Crippen LogP contribution in [0.3, 0.4) is 0 Å². The van der Waals surface area contributed by atoms with E-state index in [2.05, 4.69) is 14.7 Å². The maximum absolute atomic E-state index is 12.6. The molecule has 3 aromatic rings. The van der Waals surface area contributed by atoms with E-state index in [4.69, 9.17) is 5.14 Å². The van der Waals surface area contributed by atoms with Crippen molar-refractivity contribution in [3.8, 4) is 0 Å². The zero-order valence-corrected chi connectivity index (χ0v) is 16.2. The first-order valence-electron chi connectivity index (χ1n) is 9.26. The minimum Gasteiger partial charge on any atom is -0.356 e. The Balaban J connectivity index is 1.35. The summed E-state index contributed by atoms with van der Waals surface area (Å²) in [5, 5.41) is 8.10. The van der Waals surface area contributed by atoms with Crippen molar-refractivity contribution in [1.29, 1.82) is 0 Å². The maximum Gasteiger partial charge on any atom is 0.238 e. The second-order valence-electron chi connectivity index (χ2n) is 7.10. The number of fused-ring (bicyclic) bond motifs is 3. The van der Waals surface area contributed by atoms with Crippen molar-refractivity contribution in [3.63, 3.8) is 0 Å². The Morgan fingerprint density at radius 3 is 2.75 bits per heavy atom. The summed E-state index contributed by atoms with van der Waals surface area (Å²) in [5.74, 6) is -0.00458. The highest BCUT2D eigenvalue weighted by Gasteiger charge is 2.27. The summed E-state index contributed by atoms with van der Waals surface area (Å²) in [7, 11) is -3.68. The van der Waals surface area contributed by atoms with Gasteiger partial charge >= 0.3 is 0 Å². The Morgan fingerprint density at radius 1 is 1.21 bits per heavy atom. The van der Waals surface area contributed by atoms with Crippen molar-refractivity contribution < 1.29 is 13.2 Å². The molecule has 3 N–H and O–H groups in total. The van der Waals surface area contributed by atoms with Gasteiger partial charge in [0.05, 0.1) is 10.6 Å². The molecule has 7 nitrogen and oxygen atoms in total. The van der Waals surface area contributed by atoms with Crippen LogP contribution in [0.15, 0.2) is 53.6 Å². The summed E-state index contributed by atoms with van der Waals surface area (Å²) < 4.78 is 24.6. The van der Waals surface area contributed by atoms with Crippen LogP contribution in [0.2, 0.25) is 0 Å². The molecule has 1 aliphatic rings. The third kappa shape index (κ3) is 3.79. The van der Waals surface area contributed by atoms with Crippen molar-refractivity contribution in [2.75, 3.05) is 6.54 Å². The number of rotatable bonds is 5. The van der Waals surface area contributed by atoms with E-state index in [1.54, 1.807) is 12.1 Å². The fourth-order valence-corrected chi connectivity index (χ4v) is 4.22. The number of nitrogens with one attached hydrogen (secondary N) is 1. The standard InChI is InChI=1S/C20H22N4O3S/c21-28(26,27)16-7-4-14(5-8-16)10-11-22-20(25)15-6-9-17-18(13-15)24-12-2-1-3-19(24)23-17/h1-5,7-8,12,15H,6,9-11,13H2,(H,22,25)(H2,21,26,27). The Kier molecular flexibility index (Phi) is 4.91. The van der Waals surface area contributed by atoms with Crippen molar-refractivity contribution in [2.45, 2.75) is 30.6 Å². The summed E-state index contributed by atoms with van der Waals surface area (Å²) in [6.07, 6.45) is 4.92. The molecule has 0 radical (unpaired) electrons. The number of carbonyl (C=O) groups is 1. The number of aryl methyl sites for hydroxylation is 1. The molecule has 146 valence electrons. The lowest BCUT2D eigenvalue weighted by molar-refractivity contribution is -0.125. The van der Waals surface area contributed by atoms with Gasteiger partial charge in [0.25, 0.3) is 0 Å². The molecule has 0 spiro atoms. The zero-order chi connectivity index (χ0) is 19.7. The molecule has 1 aromatic carbocycles. The molecule has 2 heterocycles. The zero-order valence-electron chi connectivity index (χ0n) is 15.3. The number of hydrogen-bond donors (Lipinski definition) is 2. The summed E-state index contributed by atoms with van der Waals surface area (Å²) in [6.45, 7) is 0.504. The summed E-state index contributed by atoms with van der Waals surface area (Å²) >= 11 is 0. The monoisotopic (exact) mass is 398 g/mol. The summed E-state index contributed by atoms with van der Waals surface area (Å²) in [4.78, 5) is 17.3. The third-order valence-electron chi connectivity index (χ3n) is 5.22. The van der Waals surface area contributed by atoms with E-state index < -0.39 is 10.0 Å². The average molecular weight is 398 g/mol. The molecule has 1 aliphatic carbocycles. The predicted octanol–water partition coefficient (Wildman–Crippen LogP) is 1.45. The van der Waals surface area contributed by atoms with Gasteiger partial charge in [-0.05, 0) is 49.1 Å². The molecular weight excluding hydrogens is 376 g/mol. The molecule has 8 heteroatoms. The molecule has 4 rings (SSSR count). The number of hydrogen-bond acceptors (Lipinski definition) is 4. The Morgan fingerprint density at radius 2 is 2.00 bits per heavy atom. The van der Waals surface area contributed by atoms with Gasteiger partial charge in [0, 0.05) is 30.8 Å². The lowest BCUT2D eigenvalue weighted by Gasteiger charge is -2.21. The topological polar surface area (TPSA) is 107 Å². The first-order valence-corrected chi connectivity index (χ1v) is 10.8. The van der Waals surface area contributed by atoms with Gasteiger partial charge in [0.1, 0.15) is 5.65 Å². The number of carbonyl (C=O) groups excluding carboxylic acids is 1. The number of imidazole rings is 1. The fourth-order valence-electron chi connectivity index (χ4n) is 3.70. The van der Waals surface area contributed by atoms with Gasteiger partial charge in [-0.2, -0.15) is 0 Å². The first-order chi connectivity index (χ1) is 13.4. The highest BCUT2D eigenvalue weighted by atomic mass is 32.2. The van der Waals surface area contributed by atoms with Gasteiger partial charge in [0.2, 0.25) is 15.9 Å². The molecule has 0 saturated heterocycles. The van der Waals surface area contributed by atoms with E-state index in [1.165, 1.54) is 12.1 Å². The van der Waals surface area contributed by atoms with Crippen LogP contribution >= 0.6 is 0 Å². The SMILES string of the molecule is NS(=O)(=O)c1ccc(CCNC(=O)C2CCc3nc4ccccn4c3C2)cc1. The van der Waals surface area contributed by atoms with Crippen LogP contribution in [0.25, 0.3) is 5.65 Å². The van der Waals surface area contributed by atoms with E-state index in [1.807, 2.05) is 24.4 Å². The first kappa shape index (κ1) is 18.6. The number of aromatic nitrogens is 2. The highest BCUT2D eigenvalue weighted by molar-refractivity contribution is 7.89. The Hall–Kier alpha value is -2.71. The number of sulfonamides is 1. The Labute approximate surface area is 163 Å². The number of benzene rings is 1. The molecular formula is C20H22N4O3S. The van der Waals surface area contributed by atoms with Crippen LogP contribution in [0.1, 0.15) is 23.4 Å². The molecule has 2 aromatic heterocycles. The smallest absolute Gasteiger partial charge is 0.238 e. The highest BCUT2D eigenvalue weighted by Crippen LogP contribution is 2.26. The largest absolute Gasteiger partial charge is 0.356 e. The quantitative estimate of drug-likeness (QED) is 0.678. The average Bonchev–Trinajstić information content (AvgIpc) is 3.05. The van der Waals surface area contributed by atoms with Gasteiger partial charge in [-0.3, -0.25) is 4.79 Å². The summed E-state index contributed by atoms with van der Waals surface area (Å²) in [6, 6.07) is 12.3. The van der Waals surface area contributed by atoms with E-state index in [9.17, 15) is 13.2 Å². The Bertz CT molecular complexity index is 1120. The van der Waals surface area contributed by atoms with Crippen LogP contribution < -0.4 is 10.5 Å².